The van der Waals surface area contributed by atoms with Crippen LogP contribution in [0.15, 0.2) is 23.3 Å². The van der Waals surface area contributed by atoms with Gasteiger partial charge in [-0.05, 0) is 11.6 Å². The Hall–Kier alpha value is -1.26. The first-order valence-electron chi connectivity index (χ1n) is 2.65. The summed E-state index contributed by atoms with van der Waals surface area (Å²) in [6.07, 6.45) is -3.49. The van der Waals surface area contributed by atoms with Crippen molar-refractivity contribution in [1.29, 1.82) is 0 Å². The van der Waals surface area contributed by atoms with Crippen LogP contribution < -0.4 is 0 Å². The molecule has 60 valence electrons. The maximum absolute atomic E-state index is 11.5. The maximum atomic E-state index is 11.5. The molecular formula is C6H3F3O2. The van der Waals surface area contributed by atoms with Gasteiger partial charge in [0, 0.05) is 6.08 Å². The fourth-order valence-corrected chi connectivity index (χ4v) is 0.600. The Labute approximate surface area is 59.6 Å². The van der Waals surface area contributed by atoms with Crippen LogP contribution in [0.5, 0.6) is 0 Å². The van der Waals surface area contributed by atoms with E-state index in [-0.39, 0.29) is 17.2 Å². The Kier molecular flexibility index (Phi) is 1.51. The molecule has 2 nitrogen and oxygen atoms in total. The highest BCUT2D eigenvalue weighted by Crippen LogP contribution is 2.32. The molecule has 0 amide bonds. The lowest BCUT2D eigenvalue weighted by atomic mass is 10.3. The highest BCUT2D eigenvalue weighted by Gasteiger charge is 2.31. The number of hydrogen-bond acceptors (Lipinski definition) is 1. The van der Waals surface area contributed by atoms with E-state index in [1.165, 1.54) is 0 Å². The number of halogens is 3. The van der Waals surface area contributed by atoms with Gasteiger partial charge in [0.05, 0.1) is 5.57 Å². The lowest BCUT2D eigenvalue weighted by Crippen LogP contribution is -2.01. The zero-order chi connectivity index (χ0) is 8.65. The minimum Gasteiger partial charge on any atom is -0.478 e. The number of carboxylic acid groups (broad SMARTS) is 1. The van der Waals surface area contributed by atoms with Crippen LogP contribution >= 0.6 is 0 Å². The minimum absolute atomic E-state index is 0.0313. The molecule has 5 heteroatoms. The molecule has 1 aliphatic rings. The van der Waals surface area contributed by atoms with Crippen LogP contribution in [0, 0.1) is 0 Å². The summed E-state index contributed by atoms with van der Waals surface area (Å²) in [7, 11) is 0. The van der Waals surface area contributed by atoms with E-state index in [4.69, 9.17) is 5.11 Å². The van der Waals surface area contributed by atoms with Gasteiger partial charge in [-0.25, -0.2) is 4.79 Å². The number of carboxylic acids is 1. The first kappa shape index (κ1) is 7.84. The molecule has 1 aliphatic carbocycles. The number of hydrogen-bond donors (Lipinski definition) is 1. The SMILES string of the molecule is O=C(O)C1=CC/1=C\C(F)(F)F. The Morgan fingerprint density at radius 3 is 2.36 bits per heavy atom. The molecule has 0 saturated carbocycles. The van der Waals surface area contributed by atoms with Crippen molar-refractivity contribution in [2.75, 3.05) is 0 Å². The Morgan fingerprint density at radius 2 is 2.09 bits per heavy atom. The zero-order valence-corrected chi connectivity index (χ0v) is 5.14. The molecule has 0 unspecified atom stereocenters. The highest BCUT2D eigenvalue weighted by atomic mass is 19.4. The van der Waals surface area contributed by atoms with Gasteiger partial charge in [-0.2, -0.15) is 13.2 Å². The highest BCUT2D eigenvalue weighted by molar-refractivity contribution is 6.00. The predicted molar refractivity (Wildman–Crippen MR) is 29.9 cm³/mol. The second kappa shape index (κ2) is 2.11. The van der Waals surface area contributed by atoms with Gasteiger partial charge in [0.1, 0.15) is 0 Å². The van der Waals surface area contributed by atoms with Crippen LogP contribution in [-0.2, 0) is 4.79 Å². The molecule has 0 atom stereocenters. The summed E-state index contributed by atoms with van der Waals surface area (Å²) < 4.78 is 34.4. The molecule has 0 saturated heterocycles. The summed E-state index contributed by atoms with van der Waals surface area (Å²) in [5.41, 5.74) is -0.507. The zero-order valence-electron chi connectivity index (χ0n) is 5.14. The minimum atomic E-state index is -4.43. The standard InChI is InChI=1S/C6H3F3O2/c7-6(8,9)2-3-1-4(3)5(10)11/h1-2H,(H,10,11)/b3-2+. The van der Waals surface area contributed by atoms with Gasteiger partial charge in [0.25, 0.3) is 0 Å². The summed E-state index contributed by atoms with van der Waals surface area (Å²) in [5, 5.41) is 8.14. The third-order valence-electron chi connectivity index (χ3n) is 1.08. The van der Waals surface area contributed by atoms with Crippen LogP contribution in [0.3, 0.4) is 0 Å². The summed E-state index contributed by atoms with van der Waals surface area (Å²) in [6, 6.07) is 0. The number of alkyl halides is 3. The Morgan fingerprint density at radius 1 is 1.55 bits per heavy atom. The van der Waals surface area contributed by atoms with Gasteiger partial charge < -0.3 is 5.11 Å². The van der Waals surface area contributed by atoms with Crippen molar-refractivity contribution in [3.63, 3.8) is 0 Å². The van der Waals surface area contributed by atoms with Gasteiger partial charge in [-0.1, -0.05) is 0 Å². The molecule has 0 aromatic rings. The lowest BCUT2D eigenvalue weighted by molar-refractivity contribution is -0.131. The van der Waals surface area contributed by atoms with E-state index in [2.05, 4.69) is 0 Å². The van der Waals surface area contributed by atoms with Crippen LogP contribution in [0.25, 0.3) is 0 Å². The molecule has 0 bridgehead atoms. The Bertz CT molecular complexity index is 259. The summed E-state index contributed by atoms with van der Waals surface area (Å²) in [6.45, 7) is 0. The molecule has 0 fully saturated rings. The summed E-state index contributed by atoms with van der Waals surface area (Å²) in [4.78, 5) is 9.98. The molecule has 11 heavy (non-hydrogen) atoms. The van der Waals surface area contributed by atoms with E-state index < -0.39 is 12.1 Å². The molecule has 0 heterocycles. The van der Waals surface area contributed by atoms with Crippen LogP contribution in [0.2, 0.25) is 0 Å². The second-order valence-electron chi connectivity index (χ2n) is 2.00. The monoisotopic (exact) mass is 164 g/mol. The van der Waals surface area contributed by atoms with Crippen molar-refractivity contribution in [2.24, 2.45) is 0 Å². The van der Waals surface area contributed by atoms with Crippen molar-refractivity contribution < 1.29 is 23.1 Å². The van der Waals surface area contributed by atoms with Crippen molar-refractivity contribution in [3.8, 4) is 0 Å². The van der Waals surface area contributed by atoms with E-state index >= 15 is 0 Å². The largest absolute Gasteiger partial charge is 0.478 e. The first-order chi connectivity index (χ1) is 4.90. The van der Waals surface area contributed by atoms with Crippen molar-refractivity contribution >= 4 is 5.97 Å². The average molecular weight is 164 g/mol. The molecule has 0 aliphatic heterocycles. The van der Waals surface area contributed by atoms with Gasteiger partial charge >= 0.3 is 12.1 Å². The quantitative estimate of drug-likeness (QED) is 0.637. The summed E-state index contributed by atoms with van der Waals surface area (Å²) >= 11 is 0. The molecule has 0 aromatic heterocycles. The third kappa shape index (κ3) is 2.10. The maximum Gasteiger partial charge on any atom is 0.410 e. The van der Waals surface area contributed by atoms with E-state index in [1.54, 1.807) is 0 Å². The topological polar surface area (TPSA) is 37.3 Å². The van der Waals surface area contributed by atoms with Crippen molar-refractivity contribution in [1.82, 2.24) is 0 Å². The molecule has 1 rings (SSSR count). The average Bonchev–Trinajstić information content (AvgIpc) is 2.40. The van der Waals surface area contributed by atoms with E-state index in [1.807, 2.05) is 0 Å². The number of carbonyl (C=O) groups is 1. The fourth-order valence-electron chi connectivity index (χ4n) is 0.600. The number of rotatable bonds is 1. The molecule has 0 radical (unpaired) electrons. The van der Waals surface area contributed by atoms with Gasteiger partial charge in [-0.3, -0.25) is 0 Å². The molecular weight excluding hydrogens is 161 g/mol. The van der Waals surface area contributed by atoms with Gasteiger partial charge in [0.2, 0.25) is 0 Å². The van der Waals surface area contributed by atoms with Crippen LogP contribution in [0.1, 0.15) is 0 Å². The van der Waals surface area contributed by atoms with Crippen LogP contribution in [-0.4, -0.2) is 17.3 Å². The Balaban J connectivity index is 2.60. The second-order valence-corrected chi connectivity index (χ2v) is 2.00. The fraction of sp³-hybridized carbons (Fsp3) is 0.167. The van der Waals surface area contributed by atoms with Crippen molar-refractivity contribution in [2.45, 2.75) is 6.18 Å². The normalized spacial score (nSPS) is 19.9. The third-order valence-corrected chi connectivity index (χ3v) is 1.08. The van der Waals surface area contributed by atoms with Gasteiger partial charge in [-0.15, -0.1) is 0 Å². The van der Waals surface area contributed by atoms with E-state index in [0.717, 1.165) is 6.08 Å². The predicted octanol–water partition coefficient (Wildman–Crippen LogP) is 1.50. The van der Waals surface area contributed by atoms with Gasteiger partial charge in [0.15, 0.2) is 0 Å². The number of aliphatic carboxylic acids is 1. The first-order valence-corrected chi connectivity index (χ1v) is 2.65. The molecule has 0 spiro atoms. The van der Waals surface area contributed by atoms with Crippen LogP contribution in [0.4, 0.5) is 13.2 Å². The smallest absolute Gasteiger partial charge is 0.410 e. The van der Waals surface area contributed by atoms with E-state index in [9.17, 15) is 18.0 Å². The number of allylic oxidation sites excluding steroid dienone is 2. The molecule has 0 aromatic carbocycles. The van der Waals surface area contributed by atoms with Crippen molar-refractivity contribution in [3.05, 3.63) is 23.3 Å². The summed E-state index contributed by atoms with van der Waals surface area (Å²) in [5.74, 6) is -1.32. The lowest BCUT2D eigenvalue weighted by Gasteiger charge is -1.95. The molecule has 1 N–H and O–H groups in total. The van der Waals surface area contributed by atoms with E-state index in [0.29, 0.717) is 0 Å².